The molecule has 8 nitrogen and oxygen atoms in total. The van der Waals surface area contributed by atoms with Gasteiger partial charge in [-0.25, -0.2) is 4.79 Å². The van der Waals surface area contributed by atoms with Gasteiger partial charge in [0, 0.05) is 38.3 Å². The lowest BCUT2D eigenvalue weighted by Crippen LogP contribution is -2.82. The van der Waals surface area contributed by atoms with Crippen LogP contribution in [0.4, 0.5) is 0 Å². The molecule has 1 aromatic rings. The third kappa shape index (κ3) is 4.01. The van der Waals surface area contributed by atoms with E-state index in [2.05, 4.69) is 9.89 Å². The van der Waals surface area contributed by atoms with Crippen LogP contribution in [-0.4, -0.2) is 77.1 Å². The molecule has 1 unspecified atom stereocenters. The van der Waals surface area contributed by atoms with Crippen LogP contribution in [-0.2, 0) is 16.1 Å². The Balaban J connectivity index is 1.26. The molecule has 2 N–H and O–H groups in total. The smallest absolute Gasteiger partial charge is 0.388 e. The van der Waals surface area contributed by atoms with E-state index >= 15 is 0 Å². The number of hydrogen-bond donors (Lipinski definition) is 2. The number of benzene rings is 1. The maximum Gasteiger partial charge on any atom is 0.388 e. The molecule has 172 valence electrons. The Hall–Kier alpha value is -2.45. The fourth-order valence-corrected chi connectivity index (χ4v) is 5.72. The molecule has 5 rings (SSSR count). The van der Waals surface area contributed by atoms with Gasteiger partial charge in [-0.05, 0) is 62.3 Å². The molecular weight excluding hydrogens is 410 g/mol. The van der Waals surface area contributed by atoms with E-state index in [4.69, 9.17) is 9.47 Å². The Kier molecular flexibility index (Phi) is 5.90. The molecule has 32 heavy (non-hydrogen) atoms. The molecule has 3 aliphatic heterocycles. The molecule has 4 aliphatic rings. The summed E-state index contributed by atoms with van der Waals surface area (Å²) in [5.41, 5.74) is 1.55. The number of fused-ring (bicyclic) bond motifs is 1. The van der Waals surface area contributed by atoms with Gasteiger partial charge in [-0.1, -0.05) is 0 Å². The van der Waals surface area contributed by atoms with Crippen molar-refractivity contribution in [3.8, 4) is 5.75 Å². The average Bonchev–Trinajstić information content (AvgIpc) is 3.38. The molecule has 1 saturated carbocycles. The van der Waals surface area contributed by atoms with Crippen LogP contribution < -0.4 is 9.73 Å². The van der Waals surface area contributed by atoms with Crippen LogP contribution in [0.2, 0.25) is 0 Å². The van der Waals surface area contributed by atoms with Crippen molar-refractivity contribution in [1.29, 1.82) is 0 Å². The summed E-state index contributed by atoms with van der Waals surface area (Å²) in [7, 11) is 1.80. The second-order valence-corrected chi connectivity index (χ2v) is 9.37. The van der Waals surface area contributed by atoms with Gasteiger partial charge in [-0.2, -0.15) is 0 Å². The number of carbonyl (C=O) groups excluding carboxylic acids is 2. The monoisotopic (exact) mass is 442 g/mol. The Morgan fingerprint density at radius 1 is 1.09 bits per heavy atom. The number of piperidine rings is 1. The quantitative estimate of drug-likeness (QED) is 0.700. The van der Waals surface area contributed by atoms with Crippen molar-refractivity contribution in [1.82, 2.24) is 9.80 Å². The van der Waals surface area contributed by atoms with Gasteiger partial charge in [0.05, 0.1) is 12.5 Å². The number of nitrogens with one attached hydrogen (secondary N) is 1. The van der Waals surface area contributed by atoms with Gasteiger partial charge < -0.3 is 19.5 Å². The van der Waals surface area contributed by atoms with Crippen molar-refractivity contribution >= 4 is 17.7 Å². The first-order chi connectivity index (χ1) is 15.5. The van der Waals surface area contributed by atoms with Crippen LogP contribution >= 0.6 is 0 Å². The van der Waals surface area contributed by atoms with E-state index in [1.807, 2.05) is 18.2 Å². The summed E-state index contributed by atoms with van der Waals surface area (Å²) in [6, 6.07) is 5.64. The number of methoxy groups -OCH3 is 1. The van der Waals surface area contributed by atoms with Gasteiger partial charge >= 0.3 is 11.8 Å². The summed E-state index contributed by atoms with van der Waals surface area (Å²) in [5.74, 6) is 0.340. The Bertz CT molecular complexity index is 924. The summed E-state index contributed by atoms with van der Waals surface area (Å²) in [6.07, 6.45) is 6.77. The predicted molar refractivity (Wildman–Crippen MR) is 117 cm³/mol. The summed E-state index contributed by atoms with van der Waals surface area (Å²) < 4.78 is 12.0. The minimum Gasteiger partial charge on any atom is -0.489 e. The lowest BCUT2D eigenvalue weighted by molar-refractivity contribution is -0.394. The van der Waals surface area contributed by atoms with Crippen LogP contribution in [0.15, 0.2) is 18.2 Å². The highest BCUT2D eigenvalue weighted by molar-refractivity contribution is 6.01. The van der Waals surface area contributed by atoms with Gasteiger partial charge in [0.2, 0.25) is 0 Å². The zero-order valence-electron chi connectivity index (χ0n) is 18.6. The lowest BCUT2D eigenvalue weighted by atomic mass is 10.0. The third-order valence-corrected chi connectivity index (χ3v) is 7.50. The number of ether oxygens (including phenoxy) is 2. The number of aliphatic hydroxyl groups is 1. The number of amides is 2. The normalized spacial score (nSPS) is 29.3. The highest BCUT2D eigenvalue weighted by Gasteiger charge is 2.41. The molecule has 3 atom stereocenters. The van der Waals surface area contributed by atoms with Crippen molar-refractivity contribution in [2.75, 3.05) is 20.2 Å². The van der Waals surface area contributed by atoms with Gasteiger partial charge in [0.25, 0.3) is 5.91 Å². The van der Waals surface area contributed by atoms with Crippen LogP contribution in [0.5, 0.6) is 5.75 Å². The zero-order valence-corrected chi connectivity index (χ0v) is 18.6. The van der Waals surface area contributed by atoms with E-state index in [9.17, 15) is 14.7 Å². The molecule has 2 fully saturated rings. The molecular formula is C24H32N3O5+. The topological polar surface area (TPSA) is 93.3 Å². The average molecular weight is 443 g/mol. The van der Waals surface area contributed by atoms with Crippen molar-refractivity contribution < 1.29 is 29.2 Å². The maximum absolute atomic E-state index is 12.9. The van der Waals surface area contributed by atoms with Crippen LogP contribution in [0.1, 0.15) is 60.9 Å². The molecule has 0 aromatic heterocycles. The van der Waals surface area contributed by atoms with Crippen LogP contribution in [0.3, 0.4) is 0 Å². The van der Waals surface area contributed by atoms with E-state index in [1.54, 1.807) is 12.0 Å². The van der Waals surface area contributed by atoms with Crippen molar-refractivity contribution in [2.45, 2.75) is 75.8 Å². The first kappa shape index (κ1) is 21.4. The van der Waals surface area contributed by atoms with Crippen molar-refractivity contribution in [2.24, 2.45) is 0 Å². The number of carbonyl (C=O) groups is 2. The molecule has 0 bridgehead atoms. The molecule has 1 saturated heterocycles. The van der Waals surface area contributed by atoms with E-state index in [0.717, 1.165) is 50.1 Å². The second kappa shape index (κ2) is 8.83. The van der Waals surface area contributed by atoms with E-state index in [0.29, 0.717) is 37.1 Å². The molecule has 0 radical (unpaired) electrons. The third-order valence-electron chi connectivity index (χ3n) is 7.50. The van der Waals surface area contributed by atoms with Gasteiger partial charge in [0.1, 0.15) is 11.9 Å². The minimum absolute atomic E-state index is 0.112. The molecule has 1 aromatic carbocycles. The molecule has 0 spiro atoms. The SMILES string of the molecule is COC1CCN([C@H]2CCC[C@H]2Oc2ccc3c(c2)CN(C2CCC(=O)[NH+]=C2O)C3=O)CC1. The van der Waals surface area contributed by atoms with E-state index in [1.165, 1.54) is 6.42 Å². The second-order valence-electron chi connectivity index (χ2n) is 9.37. The zero-order chi connectivity index (χ0) is 22.2. The molecule has 1 aliphatic carbocycles. The number of nitrogens with zero attached hydrogens (tertiary/aromatic N) is 2. The molecule has 3 heterocycles. The fourth-order valence-electron chi connectivity index (χ4n) is 5.72. The van der Waals surface area contributed by atoms with Gasteiger partial charge in [-0.15, -0.1) is 4.99 Å². The number of likely N-dealkylation sites (tertiary alicyclic amines) is 1. The number of aliphatic hydroxyl groups excluding tert-OH is 1. The Labute approximate surface area is 188 Å². The summed E-state index contributed by atoms with van der Waals surface area (Å²) >= 11 is 0. The summed E-state index contributed by atoms with van der Waals surface area (Å²) in [4.78, 5) is 31.1. The number of rotatable bonds is 5. The highest BCUT2D eigenvalue weighted by atomic mass is 16.5. The fraction of sp³-hybridized carbons (Fsp3) is 0.625. The van der Waals surface area contributed by atoms with Gasteiger partial charge in [-0.3, -0.25) is 9.69 Å². The maximum atomic E-state index is 12.9. The highest BCUT2D eigenvalue weighted by Crippen LogP contribution is 2.33. The van der Waals surface area contributed by atoms with Crippen molar-refractivity contribution in [3.63, 3.8) is 0 Å². The molecule has 2 amide bonds. The summed E-state index contributed by atoms with van der Waals surface area (Å²) in [6.45, 7) is 2.51. The lowest BCUT2D eigenvalue weighted by Gasteiger charge is -2.38. The molecule has 8 heteroatoms. The Morgan fingerprint density at radius 2 is 1.91 bits per heavy atom. The first-order valence-corrected chi connectivity index (χ1v) is 11.8. The van der Waals surface area contributed by atoms with Crippen molar-refractivity contribution in [3.05, 3.63) is 29.3 Å². The summed E-state index contributed by atoms with van der Waals surface area (Å²) in [5, 5.41) is 10.2. The van der Waals surface area contributed by atoms with E-state index < -0.39 is 6.04 Å². The standard InChI is InChI=1S/C24H31N3O5/c1-31-16-9-11-26(12-10-16)19-3-2-4-21(19)32-17-5-6-18-15(13-17)14-27(24(18)30)20-7-8-22(28)25-23(20)29/h5-6,13,16,19-21H,2-4,7-12,14H2,1H3,(H,25,28,29)/p+1/t19-,20?,21+/m0/s1. The predicted octanol–water partition coefficient (Wildman–Crippen LogP) is 0.779. The van der Waals surface area contributed by atoms with Crippen LogP contribution in [0, 0.1) is 0 Å². The largest absolute Gasteiger partial charge is 0.489 e. The van der Waals surface area contributed by atoms with Gasteiger partial charge in [0.15, 0.2) is 6.04 Å². The minimum atomic E-state index is -0.480. The first-order valence-electron chi connectivity index (χ1n) is 11.8. The van der Waals surface area contributed by atoms with E-state index in [-0.39, 0.29) is 23.8 Å². The Morgan fingerprint density at radius 3 is 2.66 bits per heavy atom. The van der Waals surface area contributed by atoms with Crippen LogP contribution in [0.25, 0.3) is 0 Å². The number of hydrogen-bond acceptors (Lipinski definition) is 5.